The van der Waals surface area contributed by atoms with Crippen LogP contribution in [0, 0.1) is 44.0 Å². The maximum absolute atomic E-state index is 14.7. The van der Waals surface area contributed by atoms with Crippen molar-refractivity contribution in [1.82, 2.24) is 59.1 Å². The lowest BCUT2D eigenvalue weighted by atomic mass is 9.87. The summed E-state index contributed by atoms with van der Waals surface area (Å²) in [6.45, 7) is 28.3. The Bertz CT molecular complexity index is 7310. The van der Waals surface area contributed by atoms with Gasteiger partial charge in [0.1, 0.15) is 41.3 Å². The number of nitrogen functional groups attached to an aromatic ring is 1. The van der Waals surface area contributed by atoms with Crippen molar-refractivity contribution in [2.45, 2.75) is 175 Å². The summed E-state index contributed by atoms with van der Waals surface area (Å²) in [5.41, 5.74) is 16.5. The van der Waals surface area contributed by atoms with E-state index in [1.165, 1.54) is 53.3 Å². The molecule has 126 heavy (non-hydrogen) atoms. The third-order valence-electron chi connectivity index (χ3n) is 21.1. The van der Waals surface area contributed by atoms with Crippen LogP contribution >= 0.6 is 0 Å². The highest BCUT2D eigenvalue weighted by molar-refractivity contribution is 7.91. The monoisotopic (exact) mass is 1780 g/mol. The third-order valence-corrected chi connectivity index (χ3v) is 27.7. The Morgan fingerprint density at radius 2 is 0.722 bits per heavy atom. The van der Waals surface area contributed by atoms with Crippen molar-refractivity contribution in [1.29, 1.82) is 0 Å². The average molecular weight is 1780 g/mol. The van der Waals surface area contributed by atoms with E-state index in [1.807, 2.05) is 109 Å². The van der Waals surface area contributed by atoms with Crippen LogP contribution in [0.4, 0.5) is 27.8 Å². The van der Waals surface area contributed by atoms with Gasteiger partial charge in [-0.05, 0) is 228 Å². The average Bonchev–Trinajstić information content (AvgIpc) is 1.56. The van der Waals surface area contributed by atoms with Crippen LogP contribution < -0.4 is 5.73 Å². The number of fused-ring (bicyclic) bond motifs is 4. The van der Waals surface area contributed by atoms with Crippen molar-refractivity contribution in [3.05, 3.63) is 328 Å². The Balaban J connectivity index is 0.000000144. The van der Waals surface area contributed by atoms with E-state index >= 15 is 0 Å². The molecular formula is C96H96F5N13O8S4. The molecule has 21 nitrogen and oxygen atoms in total. The molecule has 16 rings (SSSR count). The topological polar surface area (TPSA) is 285 Å². The minimum atomic E-state index is -3.92. The first-order valence-electron chi connectivity index (χ1n) is 40.3. The first-order valence-corrected chi connectivity index (χ1v) is 46.9. The van der Waals surface area contributed by atoms with E-state index in [0.29, 0.717) is 101 Å². The zero-order chi connectivity index (χ0) is 91.1. The van der Waals surface area contributed by atoms with Gasteiger partial charge in [-0.25, -0.2) is 79.3 Å². The van der Waals surface area contributed by atoms with Crippen LogP contribution in [0.25, 0.3) is 66.4 Å². The van der Waals surface area contributed by atoms with Gasteiger partial charge in [0.25, 0.3) is 0 Å². The van der Waals surface area contributed by atoms with Crippen LogP contribution in [0.3, 0.4) is 0 Å². The summed E-state index contributed by atoms with van der Waals surface area (Å²) in [6, 6.07) is 59.3. The molecule has 0 aliphatic rings. The molecule has 0 radical (unpaired) electrons. The Morgan fingerprint density at radius 3 is 1.18 bits per heavy atom. The van der Waals surface area contributed by atoms with Gasteiger partial charge in [0, 0.05) is 46.2 Å². The van der Waals surface area contributed by atoms with E-state index in [0.717, 1.165) is 34.0 Å². The van der Waals surface area contributed by atoms with E-state index in [2.05, 4.69) is 81.9 Å². The normalized spacial score (nSPS) is 12.4. The van der Waals surface area contributed by atoms with Crippen LogP contribution in [0.2, 0.25) is 0 Å². The van der Waals surface area contributed by atoms with Crippen molar-refractivity contribution < 1.29 is 55.6 Å². The Morgan fingerprint density at radius 1 is 0.333 bits per heavy atom. The number of anilines is 1. The maximum Gasteiger partial charge on any atom is 0.184 e. The van der Waals surface area contributed by atoms with Gasteiger partial charge < -0.3 is 5.73 Å². The Kier molecular flexibility index (Phi) is 25.7. The number of rotatable bonds is 17. The van der Waals surface area contributed by atoms with Gasteiger partial charge in [-0.15, -0.1) is 0 Å². The quantitative estimate of drug-likeness (QED) is 0.0829. The standard InChI is InChI=1S/C24H23F2N3O2S.C24H25FN4O2S.2C24H24FN3O2S/c1-24(2,3)20-10-9-18(13-21(20)26)32(30,31)15-17-12-16(14-25)28-29(17)23-8-4-7-22-19(23)6-5-11-27-22;1-15-12-16(14-32(30,31)17-8-10-19(20(25)13-17)24(2,3)4)29(28-15)22-7-5-6-21-18(22)9-11-23(26)27-21;1-16-13-19(15-31(29,30)20-8-5-17(6-9-20)24(2,3)4)28(27-16)23-11-12-26-22-14-18(25)7-10-21(22)23;1-16-14-18(15-31(29,30)19-9-7-17(8-10-19)24(2,3)4)28(27-16)22-12-11-21(25)23-20(22)6-5-13-26-23/h4-13H,14-15H2,1-3H3;5-13H,14H2,1-4H3,(H2,26,27);2*5-14H,15H2,1-4H3. The Hall–Kier alpha value is -12.5. The SMILES string of the molecule is CC(C)(C)c1ccc(S(=O)(=O)Cc2cc(CF)nn2-c2cccc3ncccc23)cc1F.Cc1cc(CS(=O)(=O)c2ccc(C(C)(C)C)c(F)c2)n(-c2cccc3nc(N)ccc23)n1.Cc1cc(CS(=O)(=O)c2ccc(C(C)(C)C)cc2)n(-c2ccc(F)c3ncccc23)n1.Cc1cc(CS(=O)(=O)c2ccc(C(C)(C)C)cc2)n(-c2ccnc3cc(F)ccc23)n1. The van der Waals surface area contributed by atoms with Crippen LogP contribution in [0.15, 0.2) is 257 Å². The number of hydrogen-bond acceptors (Lipinski definition) is 17. The number of benzene rings is 8. The van der Waals surface area contributed by atoms with E-state index in [-0.39, 0.29) is 70.4 Å². The third kappa shape index (κ3) is 20.4. The van der Waals surface area contributed by atoms with Crippen molar-refractivity contribution >= 4 is 88.8 Å². The first-order chi connectivity index (χ1) is 59.2. The van der Waals surface area contributed by atoms with Gasteiger partial charge in [0.15, 0.2) is 39.3 Å². The Labute approximate surface area is 730 Å². The number of pyridine rings is 4. The van der Waals surface area contributed by atoms with Crippen molar-refractivity contribution in [3.63, 3.8) is 0 Å². The lowest BCUT2D eigenvalue weighted by Crippen LogP contribution is -2.15. The molecule has 0 bridgehead atoms. The molecule has 0 aliphatic carbocycles. The van der Waals surface area contributed by atoms with E-state index < -0.39 is 80.1 Å². The zero-order valence-electron chi connectivity index (χ0n) is 72.3. The van der Waals surface area contributed by atoms with E-state index in [4.69, 9.17) is 5.73 Å². The second-order valence-corrected chi connectivity index (χ2v) is 43.0. The number of sulfone groups is 4. The fourth-order valence-electron chi connectivity index (χ4n) is 14.7. The fourth-order valence-corrected chi connectivity index (χ4v) is 20.0. The second-order valence-electron chi connectivity index (χ2n) is 35.0. The minimum Gasteiger partial charge on any atom is -0.384 e. The van der Waals surface area contributed by atoms with Crippen LogP contribution in [-0.4, -0.2) is 92.7 Å². The highest BCUT2D eigenvalue weighted by atomic mass is 32.2. The van der Waals surface area contributed by atoms with Crippen LogP contribution in [0.5, 0.6) is 0 Å². The molecule has 8 aromatic heterocycles. The zero-order valence-corrected chi connectivity index (χ0v) is 75.6. The fraction of sp³-hybridized carbons (Fsp3) is 0.250. The van der Waals surface area contributed by atoms with Gasteiger partial charge in [-0.1, -0.05) is 132 Å². The van der Waals surface area contributed by atoms with E-state index in [1.54, 1.807) is 143 Å². The molecule has 652 valence electrons. The lowest BCUT2D eigenvalue weighted by Gasteiger charge is -2.20. The lowest BCUT2D eigenvalue weighted by molar-refractivity contribution is 0.473. The highest BCUT2D eigenvalue weighted by Crippen LogP contribution is 2.36. The molecule has 8 heterocycles. The summed E-state index contributed by atoms with van der Waals surface area (Å²) >= 11 is 0. The summed E-state index contributed by atoms with van der Waals surface area (Å²) in [7, 11) is -14.9. The van der Waals surface area contributed by atoms with Crippen molar-refractivity contribution in [3.8, 4) is 22.7 Å². The second kappa shape index (κ2) is 35.5. The van der Waals surface area contributed by atoms with Gasteiger partial charge in [0.2, 0.25) is 0 Å². The predicted molar refractivity (Wildman–Crippen MR) is 483 cm³/mol. The number of halogens is 5. The van der Waals surface area contributed by atoms with Gasteiger partial charge in [0.05, 0.1) is 127 Å². The molecule has 8 aromatic carbocycles. The number of aromatic nitrogens is 12. The summed E-state index contributed by atoms with van der Waals surface area (Å²) in [4.78, 5) is 17.3. The largest absolute Gasteiger partial charge is 0.384 e. The molecule has 0 amide bonds. The molecule has 30 heteroatoms. The molecule has 0 atom stereocenters. The summed E-state index contributed by atoms with van der Waals surface area (Å²) in [6.07, 6.45) is 4.75. The highest BCUT2D eigenvalue weighted by Gasteiger charge is 2.30. The minimum absolute atomic E-state index is 0.0548. The number of nitrogens with zero attached hydrogens (tertiary/aromatic N) is 12. The summed E-state index contributed by atoms with van der Waals surface area (Å²) in [5, 5.41) is 20.6. The van der Waals surface area contributed by atoms with Crippen LogP contribution in [-0.2, 0) is 90.7 Å². The molecule has 16 aromatic rings. The van der Waals surface area contributed by atoms with Crippen molar-refractivity contribution in [2.24, 2.45) is 0 Å². The number of aryl methyl sites for hydroxylation is 3. The smallest absolute Gasteiger partial charge is 0.184 e. The molecule has 0 unspecified atom stereocenters. The molecule has 0 fully saturated rings. The summed E-state index contributed by atoms with van der Waals surface area (Å²) in [5.74, 6) is -2.71. The molecule has 0 spiro atoms. The number of alkyl halides is 1. The maximum atomic E-state index is 14.7. The molecule has 2 N–H and O–H groups in total. The van der Waals surface area contributed by atoms with Gasteiger partial charge in [-0.3, -0.25) is 15.0 Å². The number of nitrogens with two attached hydrogens (primary N) is 1. The molecule has 0 saturated carbocycles. The van der Waals surface area contributed by atoms with Gasteiger partial charge in [-0.2, -0.15) is 20.4 Å². The predicted octanol–water partition coefficient (Wildman–Crippen LogP) is 20.3. The van der Waals surface area contributed by atoms with Crippen LogP contribution in [0.1, 0.15) is 151 Å². The number of hydrogen-bond donors (Lipinski definition) is 1. The molecular weight excluding hydrogens is 1690 g/mol. The van der Waals surface area contributed by atoms with Gasteiger partial charge >= 0.3 is 0 Å². The molecule has 0 saturated heterocycles. The summed E-state index contributed by atoms with van der Waals surface area (Å²) < 4.78 is 182. The van der Waals surface area contributed by atoms with Crippen molar-refractivity contribution in [2.75, 3.05) is 5.73 Å². The molecule has 0 aliphatic heterocycles. The first kappa shape index (κ1) is 91.2. The van der Waals surface area contributed by atoms with E-state index in [9.17, 15) is 55.6 Å².